The highest BCUT2D eigenvalue weighted by Crippen LogP contribution is 2.40. The van der Waals surface area contributed by atoms with Gasteiger partial charge in [-0.3, -0.25) is 0 Å². The van der Waals surface area contributed by atoms with E-state index < -0.39 is 23.7 Å². The number of rotatable bonds is 7. The fourth-order valence-corrected chi connectivity index (χ4v) is 4.11. The Morgan fingerprint density at radius 2 is 1.77 bits per heavy atom. The third-order valence-corrected chi connectivity index (χ3v) is 5.62. The predicted octanol–water partition coefficient (Wildman–Crippen LogP) is 7.40. The van der Waals surface area contributed by atoms with Gasteiger partial charge in [0.15, 0.2) is 11.6 Å². The summed E-state index contributed by atoms with van der Waals surface area (Å²) in [5, 5.41) is 0. The molecule has 3 rings (SSSR count). The number of ether oxygens (including phenoxy) is 1. The summed E-state index contributed by atoms with van der Waals surface area (Å²) in [5.74, 6) is -4.82. The Hall–Kier alpha value is -2.18. The first-order valence-corrected chi connectivity index (χ1v) is 10.2. The molecule has 0 bridgehead atoms. The molecule has 0 fully saturated rings. The molecule has 1 atom stereocenters. The lowest BCUT2D eigenvalue weighted by molar-refractivity contribution is -0.276. The normalized spacial score (nSPS) is 16.4. The first-order valence-electron chi connectivity index (χ1n) is 10.2. The molecule has 1 aliphatic rings. The summed E-state index contributed by atoms with van der Waals surface area (Å²) in [6, 6.07) is 5.97. The van der Waals surface area contributed by atoms with Crippen LogP contribution in [0.4, 0.5) is 26.3 Å². The van der Waals surface area contributed by atoms with Gasteiger partial charge in [-0.15, -0.1) is 13.2 Å². The van der Waals surface area contributed by atoms with Gasteiger partial charge < -0.3 is 4.74 Å². The molecule has 0 radical (unpaired) electrons. The van der Waals surface area contributed by atoms with Gasteiger partial charge in [-0.2, -0.15) is 0 Å². The topological polar surface area (TPSA) is 9.23 Å². The molecule has 0 aromatic heterocycles. The predicted molar refractivity (Wildman–Crippen MR) is 102 cm³/mol. The third-order valence-electron chi connectivity index (χ3n) is 5.62. The van der Waals surface area contributed by atoms with Crippen molar-refractivity contribution in [3.05, 3.63) is 64.0 Å². The lowest BCUT2D eigenvalue weighted by Crippen LogP contribution is -2.21. The van der Waals surface area contributed by atoms with Gasteiger partial charge in [0.25, 0.3) is 0 Å². The maximum absolute atomic E-state index is 14.7. The lowest BCUT2D eigenvalue weighted by Gasteiger charge is -2.27. The van der Waals surface area contributed by atoms with Crippen molar-refractivity contribution in [1.82, 2.24) is 0 Å². The van der Waals surface area contributed by atoms with Crippen LogP contribution in [0, 0.1) is 17.5 Å². The summed E-state index contributed by atoms with van der Waals surface area (Å²) in [4.78, 5) is 0. The van der Waals surface area contributed by atoms with E-state index in [1.807, 2.05) is 6.07 Å². The molecule has 1 nitrogen and oxygen atoms in total. The van der Waals surface area contributed by atoms with E-state index in [0.29, 0.717) is 12.0 Å². The fraction of sp³-hybridized carbons (Fsp3) is 0.478. The second-order valence-electron chi connectivity index (χ2n) is 7.79. The van der Waals surface area contributed by atoms with Crippen LogP contribution in [0.1, 0.15) is 67.2 Å². The number of aryl methyl sites for hydroxylation is 1. The van der Waals surface area contributed by atoms with Crippen LogP contribution < -0.4 is 4.74 Å². The average molecular weight is 430 g/mol. The minimum absolute atomic E-state index is 0.000137. The van der Waals surface area contributed by atoms with E-state index in [9.17, 15) is 26.3 Å². The van der Waals surface area contributed by atoms with E-state index in [0.717, 1.165) is 43.7 Å². The Kier molecular flexibility index (Phi) is 6.98. The van der Waals surface area contributed by atoms with Crippen LogP contribution >= 0.6 is 0 Å². The molecule has 0 aliphatic heterocycles. The van der Waals surface area contributed by atoms with Crippen molar-refractivity contribution < 1.29 is 31.1 Å². The number of hydrogen-bond acceptors (Lipinski definition) is 1. The van der Waals surface area contributed by atoms with Crippen molar-refractivity contribution in [2.75, 3.05) is 0 Å². The Balaban J connectivity index is 1.76. The zero-order valence-corrected chi connectivity index (χ0v) is 16.7. The van der Waals surface area contributed by atoms with Gasteiger partial charge in [-0.05, 0) is 72.4 Å². The highest BCUT2D eigenvalue weighted by Gasteiger charge is 2.36. The molecule has 1 aliphatic carbocycles. The minimum atomic E-state index is -5.19. The Morgan fingerprint density at radius 1 is 1.00 bits per heavy atom. The molecule has 2 aromatic rings. The first-order chi connectivity index (χ1) is 14.2. The van der Waals surface area contributed by atoms with Gasteiger partial charge in [0.2, 0.25) is 5.75 Å². The number of unbranched alkanes of at least 4 members (excludes halogenated alkanes) is 3. The van der Waals surface area contributed by atoms with Crippen molar-refractivity contribution in [2.24, 2.45) is 0 Å². The van der Waals surface area contributed by atoms with Gasteiger partial charge in [0.1, 0.15) is 5.82 Å². The second kappa shape index (κ2) is 9.31. The van der Waals surface area contributed by atoms with E-state index in [-0.39, 0.29) is 35.7 Å². The molecule has 164 valence electrons. The molecule has 7 heteroatoms. The third kappa shape index (κ3) is 5.29. The van der Waals surface area contributed by atoms with Crippen LogP contribution in [0.2, 0.25) is 0 Å². The molecule has 0 saturated heterocycles. The van der Waals surface area contributed by atoms with Crippen LogP contribution in [0.5, 0.6) is 5.75 Å². The second-order valence-corrected chi connectivity index (χ2v) is 7.79. The summed E-state index contributed by atoms with van der Waals surface area (Å²) in [6.07, 6.45) is 0.555. The SMILES string of the molecule is CCCCCCc1ccc(C2CCc3c(cc(F)c(OC(F)(F)F)c3F)C2)c(F)c1. The average Bonchev–Trinajstić information content (AvgIpc) is 2.67. The molecule has 0 N–H and O–H groups in total. The van der Waals surface area contributed by atoms with Gasteiger partial charge in [0.05, 0.1) is 0 Å². The summed E-state index contributed by atoms with van der Waals surface area (Å²) < 4.78 is 84.0. The van der Waals surface area contributed by atoms with E-state index >= 15 is 0 Å². The summed E-state index contributed by atoms with van der Waals surface area (Å²) in [5.41, 5.74) is 1.63. The van der Waals surface area contributed by atoms with Crippen LogP contribution in [0.15, 0.2) is 24.3 Å². The van der Waals surface area contributed by atoms with Crippen molar-refractivity contribution in [1.29, 1.82) is 0 Å². The minimum Gasteiger partial charge on any atom is -0.399 e. The highest BCUT2D eigenvalue weighted by atomic mass is 19.4. The van der Waals surface area contributed by atoms with Gasteiger partial charge >= 0.3 is 6.36 Å². The number of fused-ring (bicyclic) bond motifs is 1. The van der Waals surface area contributed by atoms with Crippen LogP contribution in [0.25, 0.3) is 0 Å². The highest BCUT2D eigenvalue weighted by molar-refractivity contribution is 5.42. The van der Waals surface area contributed by atoms with E-state index in [4.69, 9.17) is 0 Å². The molecule has 0 saturated carbocycles. The summed E-state index contributed by atoms with van der Waals surface area (Å²) >= 11 is 0. The Morgan fingerprint density at radius 3 is 2.43 bits per heavy atom. The maximum atomic E-state index is 14.7. The zero-order valence-electron chi connectivity index (χ0n) is 16.7. The van der Waals surface area contributed by atoms with Gasteiger partial charge in [0, 0.05) is 0 Å². The number of benzene rings is 2. The number of hydrogen-bond donors (Lipinski definition) is 0. The molecule has 2 aromatic carbocycles. The van der Waals surface area contributed by atoms with Crippen LogP contribution in [-0.2, 0) is 19.3 Å². The molecular weight excluding hydrogens is 406 g/mol. The van der Waals surface area contributed by atoms with Gasteiger partial charge in [-0.25, -0.2) is 13.2 Å². The molecule has 30 heavy (non-hydrogen) atoms. The Bertz CT molecular complexity index is 890. The summed E-state index contributed by atoms with van der Waals surface area (Å²) in [6.45, 7) is 2.12. The quantitative estimate of drug-likeness (QED) is 0.329. The van der Waals surface area contributed by atoms with Crippen molar-refractivity contribution >= 4 is 0 Å². The van der Waals surface area contributed by atoms with Crippen LogP contribution in [0.3, 0.4) is 0 Å². The van der Waals surface area contributed by atoms with E-state index in [1.54, 1.807) is 6.07 Å². The zero-order chi connectivity index (χ0) is 21.9. The fourth-order valence-electron chi connectivity index (χ4n) is 4.11. The molecule has 0 amide bonds. The van der Waals surface area contributed by atoms with Crippen molar-refractivity contribution in [3.63, 3.8) is 0 Å². The molecule has 1 unspecified atom stereocenters. The van der Waals surface area contributed by atoms with E-state index in [2.05, 4.69) is 11.7 Å². The maximum Gasteiger partial charge on any atom is 0.573 e. The van der Waals surface area contributed by atoms with Crippen molar-refractivity contribution in [3.8, 4) is 5.75 Å². The molecule has 0 spiro atoms. The largest absolute Gasteiger partial charge is 0.573 e. The summed E-state index contributed by atoms with van der Waals surface area (Å²) in [7, 11) is 0. The first kappa shape index (κ1) is 22.5. The van der Waals surface area contributed by atoms with Crippen LogP contribution in [-0.4, -0.2) is 6.36 Å². The molecular formula is C23H24F6O. The lowest BCUT2D eigenvalue weighted by atomic mass is 9.79. The smallest absolute Gasteiger partial charge is 0.399 e. The van der Waals surface area contributed by atoms with Crippen molar-refractivity contribution in [2.45, 2.75) is 70.6 Å². The van der Waals surface area contributed by atoms with Gasteiger partial charge in [-0.1, -0.05) is 38.3 Å². The number of alkyl halides is 3. The van der Waals surface area contributed by atoms with E-state index in [1.165, 1.54) is 6.07 Å². The monoisotopic (exact) mass is 430 g/mol. The Labute approximate surface area is 172 Å². The molecule has 0 heterocycles. The standard InChI is InChI=1S/C23H24F6O/c1-2-3-4-5-6-14-7-9-17(19(24)11-14)15-8-10-18-16(12-15)13-20(25)22(21(18)26)30-23(27,28)29/h7,9,11,13,15H,2-6,8,10,12H2,1H3. The number of halogens is 6.